The van der Waals surface area contributed by atoms with Gasteiger partial charge in [-0.2, -0.15) is 0 Å². The largest absolute Gasteiger partial charge is 0.324 e. The van der Waals surface area contributed by atoms with Crippen LogP contribution in [0.15, 0.2) is 66.7 Å². The Balaban J connectivity index is 1.68. The number of fused-ring (bicyclic) bond motifs is 1. The monoisotopic (exact) mass is 474 g/mol. The fourth-order valence-corrected chi connectivity index (χ4v) is 3.89. The number of amides is 3. The first-order valence-corrected chi connectivity index (χ1v) is 10.4. The van der Waals surface area contributed by atoms with Gasteiger partial charge in [0.2, 0.25) is 5.91 Å². The van der Waals surface area contributed by atoms with Gasteiger partial charge in [-0.25, -0.2) is 0 Å². The summed E-state index contributed by atoms with van der Waals surface area (Å²) < 4.78 is 0. The van der Waals surface area contributed by atoms with Crippen molar-refractivity contribution in [2.75, 3.05) is 5.32 Å². The van der Waals surface area contributed by atoms with Crippen LogP contribution < -0.4 is 5.32 Å². The van der Waals surface area contributed by atoms with Crippen molar-refractivity contribution in [3.05, 3.63) is 109 Å². The zero-order chi connectivity index (χ0) is 25.3. The quantitative estimate of drug-likeness (QED) is 0.311. The van der Waals surface area contributed by atoms with Crippen molar-refractivity contribution in [2.45, 2.75) is 19.4 Å². The minimum atomic E-state index is -1.28. The first-order valence-electron chi connectivity index (χ1n) is 10.4. The van der Waals surface area contributed by atoms with Gasteiger partial charge in [0, 0.05) is 36.4 Å². The molecule has 1 N–H and O–H groups in total. The number of nitrogens with zero attached hydrogens (tertiary/aromatic N) is 3. The van der Waals surface area contributed by atoms with Crippen LogP contribution in [0.5, 0.6) is 0 Å². The summed E-state index contributed by atoms with van der Waals surface area (Å²) >= 11 is 0. The van der Waals surface area contributed by atoms with Gasteiger partial charge in [-0.3, -0.25) is 39.5 Å². The van der Waals surface area contributed by atoms with Gasteiger partial charge in [-0.05, 0) is 36.2 Å². The Morgan fingerprint density at radius 2 is 1.43 bits per heavy atom. The number of anilines is 1. The zero-order valence-corrected chi connectivity index (χ0v) is 18.3. The molecule has 35 heavy (non-hydrogen) atoms. The molecule has 11 nitrogen and oxygen atoms in total. The van der Waals surface area contributed by atoms with Crippen LogP contribution >= 0.6 is 0 Å². The summed E-state index contributed by atoms with van der Waals surface area (Å²) in [7, 11) is 0. The standard InChI is InChI=1S/C24H18N4O7/c1-14-12-17(28(34)35)10-11-20(14)25-22(29)21(13-15-6-8-16(9-7-15)27(32)33)26-23(30)18-4-2-3-5-19(18)24(26)31/h2-12,21H,13H2,1H3,(H,25,29)/t21-/m0/s1. The number of carbonyl (C=O) groups excluding carboxylic acids is 3. The predicted molar refractivity (Wildman–Crippen MR) is 124 cm³/mol. The second-order valence-corrected chi connectivity index (χ2v) is 7.91. The molecule has 0 saturated carbocycles. The summed E-state index contributed by atoms with van der Waals surface area (Å²) in [6, 6.07) is 14.3. The topological polar surface area (TPSA) is 153 Å². The van der Waals surface area contributed by atoms with Gasteiger partial charge in [0.05, 0.1) is 21.0 Å². The zero-order valence-electron chi connectivity index (χ0n) is 18.3. The average Bonchev–Trinajstić information content (AvgIpc) is 3.09. The molecule has 1 aliphatic heterocycles. The van der Waals surface area contributed by atoms with Gasteiger partial charge in [-0.15, -0.1) is 0 Å². The number of hydrogen-bond acceptors (Lipinski definition) is 7. The molecule has 3 amide bonds. The highest BCUT2D eigenvalue weighted by atomic mass is 16.6. The Morgan fingerprint density at radius 1 is 0.886 bits per heavy atom. The molecule has 0 aromatic heterocycles. The molecule has 1 aliphatic rings. The van der Waals surface area contributed by atoms with Gasteiger partial charge < -0.3 is 5.32 Å². The van der Waals surface area contributed by atoms with E-state index in [1.807, 2.05) is 0 Å². The summed E-state index contributed by atoms with van der Waals surface area (Å²) in [6.07, 6.45) is -0.0959. The van der Waals surface area contributed by atoms with E-state index in [1.54, 1.807) is 19.1 Å². The van der Waals surface area contributed by atoms with Gasteiger partial charge >= 0.3 is 0 Å². The Labute approximate surface area is 198 Å². The van der Waals surface area contributed by atoms with Gasteiger partial charge in [0.15, 0.2) is 0 Å². The lowest BCUT2D eigenvalue weighted by atomic mass is 10.0. The number of non-ortho nitro benzene ring substituents is 2. The smallest absolute Gasteiger partial charge is 0.269 e. The molecule has 0 spiro atoms. The third-order valence-corrected chi connectivity index (χ3v) is 5.69. The Kier molecular flexibility index (Phi) is 6.07. The van der Waals surface area contributed by atoms with E-state index < -0.39 is 33.6 Å². The number of hydrogen-bond donors (Lipinski definition) is 1. The van der Waals surface area contributed by atoms with Crippen LogP contribution in [-0.2, 0) is 11.2 Å². The number of nitro benzene ring substituents is 2. The molecule has 1 atom stereocenters. The number of benzene rings is 3. The summed E-state index contributed by atoms with van der Waals surface area (Å²) in [5, 5.41) is 24.6. The maximum absolute atomic E-state index is 13.4. The third kappa shape index (κ3) is 4.47. The van der Waals surface area contributed by atoms with Crippen LogP contribution in [-0.4, -0.2) is 38.5 Å². The van der Waals surface area contributed by atoms with Gasteiger partial charge in [0.25, 0.3) is 23.2 Å². The van der Waals surface area contributed by atoms with Crippen molar-refractivity contribution in [1.29, 1.82) is 0 Å². The van der Waals surface area contributed by atoms with Crippen molar-refractivity contribution >= 4 is 34.8 Å². The Morgan fingerprint density at radius 3 is 1.94 bits per heavy atom. The van der Waals surface area contributed by atoms with Crippen molar-refractivity contribution in [1.82, 2.24) is 4.90 Å². The van der Waals surface area contributed by atoms with Gasteiger partial charge in [-0.1, -0.05) is 24.3 Å². The molecule has 0 fully saturated rings. The number of carbonyl (C=O) groups is 3. The minimum Gasteiger partial charge on any atom is -0.324 e. The van der Waals surface area contributed by atoms with Crippen LogP contribution in [0, 0.1) is 27.2 Å². The second kappa shape index (κ2) is 9.14. The lowest BCUT2D eigenvalue weighted by Crippen LogP contribution is -2.48. The molecule has 4 rings (SSSR count). The SMILES string of the molecule is Cc1cc([N+](=O)[O-])ccc1NC(=O)[C@H](Cc1ccc([N+](=O)[O-])cc1)N1C(=O)c2ccccc2C1=O. The fraction of sp³-hybridized carbons (Fsp3) is 0.125. The Hall–Kier alpha value is -4.93. The molecule has 0 unspecified atom stereocenters. The molecular formula is C24H18N4O7. The molecule has 0 aliphatic carbocycles. The van der Waals surface area contributed by atoms with E-state index in [0.29, 0.717) is 11.1 Å². The van der Waals surface area contributed by atoms with E-state index >= 15 is 0 Å². The van der Waals surface area contributed by atoms with Crippen molar-refractivity contribution in [3.63, 3.8) is 0 Å². The van der Waals surface area contributed by atoms with Crippen LogP contribution in [0.4, 0.5) is 17.1 Å². The number of nitro groups is 2. The number of nitrogens with one attached hydrogen (secondary N) is 1. The van der Waals surface area contributed by atoms with E-state index in [4.69, 9.17) is 0 Å². The van der Waals surface area contributed by atoms with E-state index in [-0.39, 0.29) is 34.6 Å². The molecular weight excluding hydrogens is 456 g/mol. The first-order chi connectivity index (χ1) is 16.7. The van der Waals surface area contributed by atoms with Crippen molar-refractivity contribution in [2.24, 2.45) is 0 Å². The highest BCUT2D eigenvalue weighted by Gasteiger charge is 2.42. The molecule has 11 heteroatoms. The maximum Gasteiger partial charge on any atom is 0.269 e. The molecule has 0 saturated heterocycles. The summed E-state index contributed by atoms with van der Waals surface area (Å²) in [4.78, 5) is 61.3. The normalized spacial score (nSPS) is 13.3. The van der Waals surface area contributed by atoms with Crippen LogP contribution in [0.2, 0.25) is 0 Å². The molecule has 176 valence electrons. The highest BCUT2D eigenvalue weighted by molar-refractivity contribution is 6.23. The van der Waals surface area contributed by atoms with Gasteiger partial charge in [0.1, 0.15) is 6.04 Å². The van der Waals surface area contributed by atoms with E-state index in [9.17, 15) is 34.6 Å². The molecule has 3 aromatic carbocycles. The molecule has 1 heterocycles. The maximum atomic E-state index is 13.4. The number of rotatable bonds is 7. The van der Waals surface area contributed by atoms with Crippen molar-refractivity contribution < 1.29 is 24.2 Å². The van der Waals surface area contributed by atoms with E-state index in [0.717, 1.165) is 4.90 Å². The fourth-order valence-electron chi connectivity index (χ4n) is 3.89. The van der Waals surface area contributed by atoms with Crippen LogP contribution in [0.25, 0.3) is 0 Å². The molecule has 0 bridgehead atoms. The Bertz CT molecular complexity index is 1350. The minimum absolute atomic E-state index is 0.0959. The lowest BCUT2D eigenvalue weighted by Gasteiger charge is -2.26. The van der Waals surface area contributed by atoms with E-state index in [1.165, 1.54) is 54.6 Å². The summed E-state index contributed by atoms with van der Waals surface area (Å²) in [5.41, 5.74) is 1.25. The summed E-state index contributed by atoms with van der Waals surface area (Å²) in [5.74, 6) is -1.95. The molecule has 0 radical (unpaired) electrons. The van der Waals surface area contributed by atoms with E-state index in [2.05, 4.69) is 5.32 Å². The van der Waals surface area contributed by atoms with Crippen LogP contribution in [0.1, 0.15) is 31.8 Å². The van der Waals surface area contributed by atoms with Crippen LogP contribution in [0.3, 0.4) is 0 Å². The predicted octanol–water partition coefficient (Wildman–Crippen LogP) is 3.66. The average molecular weight is 474 g/mol. The lowest BCUT2D eigenvalue weighted by molar-refractivity contribution is -0.385. The van der Waals surface area contributed by atoms with Crippen molar-refractivity contribution in [3.8, 4) is 0 Å². The third-order valence-electron chi connectivity index (χ3n) is 5.69. The highest BCUT2D eigenvalue weighted by Crippen LogP contribution is 2.28. The molecule has 3 aromatic rings. The second-order valence-electron chi connectivity index (χ2n) is 7.91. The first kappa shape index (κ1) is 23.2. The number of aryl methyl sites for hydroxylation is 1. The summed E-state index contributed by atoms with van der Waals surface area (Å²) in [6.45, 7) is 1.58. The number of imide groups is 1.